The van der Waals surface area contributed by atoms with Crippen molar-refractivity contribution in [2.75, 3.05) is 6.61 Å². The summed E-state index contributed by atoms with van der Waals surface area (Å²) in [5.74, 6) is -1.70. The van der Waals surface area contributed by atoms with Crippen LogP contribution in [0.15, 0.2) is 48.5 Å². The van der Waals surface area contributed by atoms with Gasteiger partial charge in [-0.05, 0) is 41.5 Å². The first kappa shape index (κ1) is 24.7. The van der Waals surface area contributed by atoms with E-state index < -0.39 is 36.2 Å². The lowest BCUT2D eigenvalue weighted by atomic mass is 9.98. The molecule has 186 valence electrons. The highest BCUT2D eigenvalue weighted by Crippen LogP contribution is 2.44. The molecule has 0 bridgehead atoms. The molecule has 8 nitrogen and oxygen atoms in total. The summed E-state index contributed by atoms with van der Waals surface area (Å²) >= 11 is 0. The van der Waals surface area contributed by atoms with Gasteiger partial charge in [-0.2, -0.15) is 0 Å². The third-order valence-electron chi connectivity index (χ3n) is 6.91. The van der Waals surface area contributed by atoms with E-state index in [9.17, 15) is 19.5 Å². The van der Waals surface area contributed by atoms with Crippen LogP contribution in [0, 0.1) is 0 Å². The Balaban J connectivity index is 1.40. The number of nitrogens with one attached hydrogen (secondary N) is 2. The first-order chi connectivity index (χ1) is 16.9. The van der Waals surface area contributed by atoms with Gasteiger partial charge in [0.05, 0.1) is 12.1 Å². The van der Waals surface area contributed by atoms with Crippen LogP contribution in [0.4, 0.5) is 4.79 Å². The molecule has 0 heterocycles. The average Bonchev–Trinajstić information content (AvgIpc) is 3.03. The number of carboxylic acids is 1. The lowest BCUT2D eigenvalue weighted by Crippen LogP contribution is -2.52. The maximum absolute atomic E-state index is 12.9. The summed E-state index contributed by atoms with van der Waals surface area (Å²) < 4.78 is 5.53. The summed E-state index contributed by atoms with van der Waals surface area (Å²) in [5, 5.41) is 24.8. The number of carbonyl (C=O) groups excluding carboxylic acids is 2. The zero-order chi connectivity index (χ0) is 24.8. The van der Waals surface area contributed by atoms with Crippen molar-refractivity contribution < 1.29 is 29.3 Å². The fourth-order valence-corrected chi connectivity index (χ4v) is 5.06. The van der Waals surface area contributed by atoms with Crippen LogP contribution in [0.25, 0.3) is 11.1 Å². The van der Waals surface area contributed by atoms with Crippen molar-refractivity contribution >= 4 is 18.0 Å². The highest BCUT2D eigenvalue weighted by atomic mass is 16.5. The molecular weight excluding hydrogens is 448 g/mol. The van der Waals surface area contributed by atoms with Gasteiger partial charge in [-0.1, -0.05) is 67.8 Å². The summed E-state index contributed by atoms with van der Waals surface area (Å²) in [6, 6.07) is 14.5. The van der Waals surface area contributed by atoms with E-state index in [1.807, 2.05) is 48.5 Å². The SMILES string of the molecule is O=C(O)CCC(NC(=O)OCC1c2ccccc2-c2ccccc21)C(=O)N[C@@H]1CCCCC[C@H]1O. The summed E-state index contributed by atoms with van der Waals surface area (Å²) in [4.78, 5) is 36.7. The molecule has 4 N–H and O–H groups in total. The Kier molecular flexibility index (Phi) is 8.02. The molecule has 0 saturated heterocycles. The number of fused-ring (bicyclic) bond motifs is 3. The molecule has 35 heavy (non-hydrogen) atoms. The van der Waals surface area contributed by atoms with E-state index in [-0.39, 0.29) is 25.4 Å². The minimum Gasteiger partial charge on any atom is -0.481 e. The second kappa shape index (κ2) is 11.4. The predicted molar refractivity (Wildman–Crippen MR) is 130 cm³/mol. The summed E-state index contributed by atoms with van der Waals surface area (Å²) in [7, 11) is 0. The number of aliphatic hydroxyl groups is 1. The first-order valence-corrected chi connectivity index (χ1v) is 12.3. The zero-order valence-electron chi connectivity index (χ0n) is 19.6. The Morgan fingerprint density at radius 3 is 2.23 bits per heavy atom. The van der Waals surface area contributed by atoms with Crippen molar-refractivity contribution in [3.8, 4) is 11.1 Å². The second-order valence-corrected chi connectivity index (χ2v) is 9.28. The van der Waals surface area contributed by atoms with E-state index in [0.717, 1.165) is 41.5 Å². The lowest BCUT2D eigenvalue weighted by Gasteiger charge is -2.25. The number of rotatable bonds is 8. The van der Waals surface area contributed by atoms with Crippen LogP contribution in [0.3, 0.4) is 0 Å². The Hall–Kier alpha value is -3.39. The number of aliphatic hydroxyl groups excluding tert-OH is 1. The number of carbonyl (C=O) groups is 3. The second-order valence-electron chi connectivity index (χ2n) is 9.28. The van der Waals surface area contributed by atoms with Crippen LogP contribution in [0.1, 0.15) is 62.0 Å². The molecular formula is C27H32N2O6. The molecule has 2 aliphatic rings. The van der Waals surface area contributed by atoms with Crippen molar-refractivity contribution in [2.24, 2.45) is 0 Å². The molecule has 0 radical (unpaired) electrons. The van der Waals surface area contributed by atoms with Crippen molar-refractivity contribution in [3.63, 3.8) is 0 Å². The fraction of sp³-hybridized carbons (Fsp3) is 0.444. The normalized spacial score (nSPS) is 20.1. The average molecular weight is 481 g/mol. The van der Waals surface area contributed by atoms with Crippen molar-refractivity contribution in [2.45, 2.75) is 69.1 Å². The van der Waals surface area contributed by atoms with Crippen LogP contribution in [0.5, 0.6) is 0 Å². The van der Waals surface area contributed by atoms with Gasteiger partial charge < -0.3 is 25.6 Å². The summed E-state index contributed by atoms with van der Waals surface area (Å²) in [5.41, 5.74) is 4.36. The zero-order valence-corrected chi connectivity index (χ0v) is 19.6. The van der Waals surface area contributed by atoms with Crippen LogP contribution in [-0.2, 0) is 14.3 Å². The van der Waals surface area contributed by atoms with Crippen molar-refractivity contribution in [1.82, 2.24) is 10.6 Å². The number of alkyl carbamates (subject to hydrolysis) is 1. The molecule has 2 aromatic carbocycles. The number of amides is 2. The van der Waals surface area contributed by atoms with Crippen molar-refractivity contribution in [1.29, 1.82) is 0 Å². The molecule has 2 aromatic rings. The molecule has 2 aliphatic carbocycles. The third-order valence-corrected chi connectivity index (χ3v) is 6.91. The molecule has 1 fully saturated rings. The van der Waals surface area contributed by atoms with Gasteiger partial charge in [0.25, 0.3) is 0 Å². The van der Waals surface area contributed by atoms with E-state index in [4.69, 9.17) is 9.84 Å². The molecule has 0 spiro atoms. The molecule has 3 atom stereocenters. The maximum Gasteiger partial charge on any atom is 0.407 e. The van der Waals surface area contributed by atoms with E-state index in [2.05, 4.69) is 10.6 Å². The molecule has 4 rings (SSSR count). The van der Waals surface area contributed by atoms with E-state index in [1.165, 1.54) is 0 Å². The Morgan fingerprint density at radius 2 is 1.57 bits per heavy atom. The fourth-order valence-electron chi connectivity index (χ4n) is 5.06. The summed E-state index contributed by atoms with van der Waals surface area (Å²) in [6.45, 7) is 0.0917. The van der Waals surface area contributed by atoms with Crippen LogP contribution in [0.2, 0.25) is 0 Å². The molecule has 8 heteroatoms. The van der Waals surface area contributed by atoms with Crippen LogP contribution in [-0.4, -0.2) is 53.0 Å². The van der Waals surface area contributed by atoms with Crippen molar-refractivity contribution in [3.05, 3.63) is 59.7 Å². The van der Waals surface area contributed by atoms with Gasteiger partial charge in [-0.25, -0.2) is 4.79 Å². The lowest BCUT2D eigenvalue weighted by molar-refractivity contribution is -0.137. The van der Waals surface area contributed by atoms with Gasteiger partial charge in [0, 0.05) is 12.3 Å². The van der Waals surface area contributed by atoms with E-state index in [1.54, 1.807) is 0 Å². The number of benzene rings is 2. The Labute approximate surface area is 204 Å². The molecule has 1 unspecified atom stereocenters. The van der Waals surface area contributed by atoms with Gasteiger partial charge in [0.15, 0.2) is 0 Å². The largest absolute Gasteiger partial charge is 0.481 e. The van der Waals surface area contributed by atoms with E-state index in [0.29, 0.717) is 12.8 Å². The quantitative estimate of drug-likeness (QED) is 0.428. The van der Waals surface area contributed by atoms with Gasteiger partial charge in [0.2, 0.25) is 5.91 Å². The van der Waals surface area contributed by atoms with Crippen LogP contribution < -0.4 is 10.6 Å². The highest BCUT2D eigenvalue weighted by molar-refractivity contribution is 5.86. The number of hydrogen-bond donors (Lipinski definition) is 4. The number of hydrogen-bond acceptors (Lipinski definition) is 5. The van der Waals surface area contributed by atoms with Gasteiger partial charge in [-0.15, -0.1) is 0 Å². The number of carboxylic acid groups (broad SMARTS) is 1. The van der Waals surface area contributed by atoms with Gasteiger partial charge >= 0.3 is 12.1 Å². The standard InChI is InChI=1S/C27H32N2O6/c30-24-13-3-1-2-12-22(24)28-26(33)23(14-15-25(31)32)29-27(34)35-16-21-19-10-6-4-8-17(19)18-9-5-7-11-20(18)21/h4-11,21-24,30H,1-3,12-16H2,(H,28,33)(H,29,34)(H,31,32)/t22-,23?,24-/m1/s1. The number of ether oxygens (including phenoxy) is 1. The van der Waals surface area contributed by atoms with Gasteiger partial charge in [0.1, 0.15) is 12.6 Å². The Bertz CT molecular complexity index is 1030. The first-order valence-electron chi connectivity index (χ1n) is 12.3. The molecule has 0 aromatic heterocycles. The van der Waals surface area contributed by atoms with E-state index >= 15 is 0 Å². The molecule has 1 saturated carbocycles. The maximum atomic E-state index is 12.9. The predicted octanol–water partition coefficient (Wildman–Crippen LogP) is 3.57. The molecule has 2 amide bonds. The van der Waals surface area contributed by atoms with Crippen LogP contribution >= 0.6 is 0 Å². The minimum absolute atomic E-state index is 0.0752. The smallest absolute Gasteiger partial charge is 0.407 e. The topological polar surface area (TPSA) is 125 Å². The Morgan fingerprint density at radius 1 is 0.943 bits per heavy atom. The third kappa shape index (κ3) is 6.00. The molecule has 0 aliphatic heterocycles. The monoisotopic (exact) mass is 480 g/mol. The van der Waals surface area contributed by atoms with Gasteiger partial charge in [-0.3, -0.25) is 9.59 Å². The summed E-state index contributed by atoms with van der Waals surface area (Å²) in [6.07, 6.45) is 2.23. The minimum atomic E-state index is -1.07. The number of aliphatic carboxylic acids is 1. The highest BCUT2D eigenvalue weighted by Gasteiger charge is 2.31.